The van der Waals surface area contributed by atoms with Gasteiger partial charge in [-0.3, -0.25) is 0 Å². The summed E-state index contributed by atoms with van der Waals surface area (Å²) >= 11 is 0. The molecule has 0 aliphatic carbocycles. The van der Waals surface area contributed by atoms with Crippen LogP contribution in [0.4, 0.5) is 0 Å². The SMILES string of the molecule is C.CN.CN. The van der Waals surface area contributed by atoms with Crippen LogP contribution in [-0.2, 0) is 0 Å². The molecule has 0 atom stereocenters. The van der Waals surface area contributed by atoms with Crippen LogP contribution >= 0.6 is 0 Å². The fraction of sp³-hybridized carbons (Fsp3) is 1.00. The van der Waals surface area contributed by atoms with Gasteiger partial charge in [0.2, 0.25) is 0 Å². The predicted molar refractivity (Wildman–Crippen MR) is 27.0 cm³/mol. The number of nitrogens with two attached hydrogens (primary N) is 2. The Morgan fingerprint density at radius 1 is 0.800 bits per heavy atom. The van der Waals surface area contributed by atoms with Gasteiger partial charge in [0.05, 0.1) is 0 Å². The standard InChI is InChI=1S/2CH5N.CH4/c2*1-2;/h2*2H2,1H3;1H4. The largest absolute Gasteiger partial charge is 0.333 e. The van der Waals surface area contributed by atoms with Gasteiger partial charge in [-0.1, -0.05) is 7.43 Å². The Bertz CT molecular complexity index is 4.85. The van der Waals surface area contributed by atoms with Gasteiger partial charge >= 0.3 is 0 Å². The third-order valence-electron chi connectivity index (χ3n) is 0. The monoisotopic (exact) mass is 78.1 g/mol. The Morgan fingerprint density at radius 3 is 0.800 bits per heavy atom. The molecule has 0 aliphatic heterocycles. The van der Waals surface area contributed by atoms with Crippen molar-refractivity contribution < 1.29 is 0 Å². The van der Waals surface area contributed by atoms with E-state index in [0.717, 1.165) is 0 Å². The van der Waals surface area contributed by atoms with Crippen LogP contribution in [0, 0.1) is 0 Å². The third kappa shape index (κ3) is 2260. The fourth-order valence-electron chi connectivity index (χ4n) is 0. The molecule has 0 fully saturated rings. The lowest BCUT2D eigenvalue weighted by Gasteiger charge is -1.19. The molecule has 36 valence electrons. The number of rotatable bonds is 0. The summed E-state index contributed by atoms with van der Waals surface area (Å²) in [5.74, 6) is 0. The first-order valence-electron chi connectivity index (χ1n) is 1.15. The van der Waals surface area contributed by atoms with E-state index in [2.05, 4.69) is 11.5 Å². The summed E-state index contributed by atoms with van der Waals surface area (Å²) in [7, 11) is 3.00. The molecule has 0 aromatic heterocycles. The lowest BCUT2D eigenvalue weighted by Crippen LogP contribution is -1.69. The number of hydrogen-bond acceptors (Lipinski definition) is 2. The molecule has 0 saturated carbocycles. The molecule has 0 aromatic carbocycles. The maximum absolute atomic E-state index is 4.50. The van der Waals surface area contributed by atoms with E-state index in [4.69, 9.17) is 0 Å². The van der Waals surface area contributed by atoms with Gasteiger partial charge in [0, 0.05) is 0 Å². The van der Waals surface area contributed by atoms with Crippen molar-refractivity contribution in [3.05, 3.63) is 0 Å². The van der Waals surface area contributed by atoms with E-state index in [-0.39, 0.29) is 7.43 Å². The zero-order valence-electron chi connectivity index (χ0n) is 3.15. The van der Waals surface area contributed by atoms with Crippen molar-refractivity contribution in [2.24, 2.45) is 11.5 Å². The Morgan fingerprint density at radius 2 is 0.800 bits per heavy atom. The van der Waals surface area contributed by atoms with Crippen molar-refractivity contribution in [2.75, 3.05) is 14.1 Å². The first kappa shape index (κ1) is 20.5. The molecule has 0 radical (unpaired) electrons. The third-order valence-corrected chi connectivity index (χ3v) is 0. The minimum atomic E-state index is 0. The molecule has 0 saturated heterocycles. The van der Waals surface area contributed by atoms with Crippen LogP contribution in [0.2, 0.25) is 0 Å². The summed E-state index contributed by atoms with van der Waals surface area (Å²) in [6.07, 6.45) is 0. The summed E-state index contributed by atoms with van der Waals surface area (Å²) < 4.78 is 0. The quantitative estimate of drug-likeness (QED) is 0.421. The normalized spacial score (nSPS) is 2.40. The van der Waals surface area contributed by atoms with Gasteiger partial charge in [0.1, 0.15) is 0 Å². The Balaban J connectivity index is -0.0000000133. The van der Waals surface area contributed by atoms with E-state index in [1.165, 1.54) is 14.1 Å². The van der Waals surface area contributed by atoms with Gasteiger partial charge in [-0.2, -0.15) is 0 Å². The second-order valence-electron chi connectivity index (χ2n) is 0. The zero-order valence-corrected chi connectivity index (χ0v) is 3.15. The maximum Gasteiger partial charge on any atom is -0.0195 e. The maximum atomic E-state index is 4.50. The van der Waals surface area contributed by atoms with Crippen molar-refractivity contribution in [3.8, 4) is 0 Å². The summed E-state index contributed by atoms with van der Waals surface area (Å²) in [5.41, 5.74) is 9.00. The molecule has 0 amide bonds. The van der Waals surface area contributed by atoms with Crippen LogP contribution in [-0.4, -0.2) is 14.1 Å². The molecule has 0 unspecified atom stereocenters. The van der Waals surface area contributed by atoms with Crippen molar-refractivity contribution in [3.63, 3.8) is 0 Å². The van der Waals surface area contributed by atoms with Crippen LogP contribution in [0.15, 0.2) is 0 Å². The second-order valence-corrected chi connectivity index (χ2v) is 0. The smallest absolute Gasteiger partial charge is 0.0195 e. The zero-order chi connectivity index (χ0) is 4.00. The molecule has 5 heavy (non-hydrogen) atoms. The van der Waals surface area contributed by atoms with Crippen LogP contribution in [0.5, 0.6) is 0 Å². The van der Waals surface area contributed by atoms with E-state index >= 15 is 0 Å². The molecule has 0 aliphatic rings. The van der Waals surface area contributed by atoms with Crippen LogP contribution in [0.25, 0.3) is 0 Å². The highest BCUT2D eigenvalue weighted by Crippen LogP contribution is 0.471. The Labute approximate surface area is 34.2 Å². The van der Waals surface area contributed by atoms with Gasteiger partial charge in [-0.15, -0.1) is 0 Å². The molecule has 0 rings (SSSR count). The molecule has 2 heteroatoms. The highest BCUT2D eigenvalue weighted by molar-refractivity contribution is 3.54. The van der Waals surface area contributed by atoms with Crippen molar-refractivity contribution in [1.82, 2.24) is 0 Å². The summed E-state index contributed by atoms with van der Waals surface area (Å²) in [5, 5.41) is 0. The van der Waals surface area contributed by atoms with E-state index in [0.29, 0.717) is 0 Å². The van der Waals surface area contributed by atoms with Crippen LogP contribution in [0.1, 0.15) is 7.43 Å². The van der Waals surface area contributed by atoms with E-state index in [9.17, 15) is 0 Å². The molecule has 0 heterocycles. The molecular formula is C3H14N2. The fourth-order valence-corrected chi connectivity index (χ4v) is 0. The van der Waals surface area contributed by atoms with E-state index < -0.39 is 0 Å². The average molecular weight is 78.2 g/mol. The van der Waals surface area contributed by atoms with Gasteiger partial charge in [-0.05, 0) is 14.1 Å². The van der Waals surface area contributed by atoms with Gasteiger partial charge in [0.25, 0.3) is 0 Å². The molecule has 0 aromatic rings. The molecule has 0 spiro atoms. The molecule has 4 N–H and O–H groups in total. The van der Waals surface area contributed by atoms with Crippen molar-refractivity contribution in [1.29, 1.82) is 0 Å². The summed E-state index contributed by atoms with van der Waals surface area (Å²) in [6, 6.07) is 0. The van der Waals surface area contributed by atoms with Crippen molar-refractivity contribution in [2.45, 2.75) is 7.43 Å². The predicted octanol–water partition coefficient (Wildman–Crippen LogP) is -0.214. The first-order valence-corrected chi connectivity index (χ1v) is 1.15. The second kappa shape index (κ2) is 5220. The minimum Gasteiger partial charge on any atom is -0.333 e. The Hall–Kier alpha value is -0.0800. The Kier molecular flexibility index (Phi) is 21400. The summed E-state index contributed by atoms with van der Waals surface area (Å²) in [4.78, 5) is 0. The lowest BCUT2D eigenvalue weighted by molar-refractivity contribution is 1.48. The minimum absolute atomic E-state index is 0. The van der Waals surface area contributed by atoms with Gasteiger partial charge in [-0.25, -0.2) is 0 Å². The summed E-state index contributed by atoms with van der Waals surface area (Å²) in [6.45, 7) is 0. The average Bonchev–Trinajstić information content (AvgIpc) is 1.50. The molecule has 0 bridgehead atoms. The highest BCUT2D eigenvalue weighted by Gasteiger charge is 0.838. The highest BCUT2D eigenvalue weighted by atomic mass is 14.4. The number of hydrogen-bond donors (Lipinski definition) is 2. The van der Waals surface area contributed by atoms with Gasteiger partial charge in [0.15, 0.2) is 0 Å². The topological polar surface area (TPSA) is 52.0 Å². The van der Waals surface area contributed by atoms with E-state index in [1.807, 2.05) is 0 Å². The van der Waals surface area contributed by atoms with Gasteiger partial charge < -0.3 is 11.5 Å². The van der Waals surface area contributed by atoms with Crippen LogP contribution in [0.3, 0.4) is 0 Å². The first-order chi connectivity index (χ1) is 2.00. The van der Waals surface area contributed by atoms with E-state index in [1.54, 1.807) is 0 Å². The molecule has 2 nitrogen and oxygen atoms in total. The van der Waals surface area contributed by atoms with Crippen molar-refractivity contribution >= 4 is 0 Å². The van der Waals surface area contributed by atoms with Crippen LogP contribution < -0.4 is 11.5 Å². The molecular weight excluding hydrogens is 64.0 g/mol. The lowest BCUT2D eigenvalue weighted by atomic mass is 11.6.